The fourth-order valence-corrected chi connectivity index (χ4v) is 0.857. The minimum Gasteiger partial charge on any atom is -0.476 e. The minimum atomic E-state index is -1.58. The van der Waals surface area contributed by atoms with Crippen molar-refractivity contribution in [2.45, 2.75) is 0 Å². The molecule has 68 valence electrons. The lowest BCUT2D eigenvalue weighted by molar-refractivity contribution is -0.134. The first-order valence-electron chi connectivity index (χ1n) is 3.55. The van der Waals surface area contributed by atoms with Gasteiger partial charge in [-0.1, -0.05) is 12.1 Å². The Morgan fingerprint density at radius 2 is 2.23 bits per heavy atom. The smallest absolute Gasteiger partial charge is 0.364 e. The van der Waals surface area contributed by atoms with Gasteiger partial charge in [-0.2, -0.15) is 4.39 Å². The molecule has 0 bridgehead atoms. The second-order valence-electron chi connectivity index (χ2n) is 2.47. The molecule has 0 aromatic heterocycles. The fraction of sp³-hybridized carbons (Fsp3) is 0. The van der Waals surface area contributed by atoms with Crippen LogP contribution >= 0.6 is 0 Å². The molecule has 0 heterocycles. The molecule has 0 aliphatic carbocycles. The number of aliphatic carboxylic acids is 1. The van der Waals surface area contributed by atoms with E-state index < -0.39 is 11.8 Å². The highest BCUT2D eigenvalue weighted by atomic mass is 19.1. The van der Waals surface area contributed by atoms with Gasteiger partial charge in [-0.25, -0.2) is 4.79 Å². The van der Waals surface area contributed by atoms with Crippen LogP contribution in [0.2, 0.25) is 0 Å². The van der Waals surface area contributed by atoms with Gasteiger partial charge in [-0.15, -0.1) is 0 Å². The van der Waals surface area contributed by atoms with Crippen molar-refractivity contribution >= 4 is 17.7 Å². The minimum absolute atomic E-state index is 0.430. The molecule has 4 heteroatoms. The number of carboxylic acids is 1. The lowest BCUT2D eigenvalue weighted by Crippen LogP contribution is -1.94. The monoisotopic (exact) mass is 181 g/mol. The van der Waals surface area contributed by atoms with Crippen LogP contribution in [0.3, 0.4) is 0 Å². The maximum absolute atomic E-state index is 12.6. The quantitative estimate of drug-likeness (QED) is 0.538. The lowest BCUT2D eigenvalue weighted by Gasteiger charge is -1.95. The maximum atomic E-state index is 12.6. The largest absolute Gasteiger partial charge is 0.476 e. The number of halogens is 1. The van der Waals surface area contributed by atoms with Crippen LogP contribution in [0, 0.1) is 0 Å². The first kappa shape index (κ1) is 9.25. The van der Waals surface area contributed by atoms with E-state index in [2.05, 4.69) is 0 Å². The van der Waals surface area contributed by atoms with Crippen LogP contribution in [-0.2, 0) is 4.79 Å². The molecule has 13 heavy (non-hydrogen) atoms. The number of hydrogen-bond donors (Lipinski definition) is 2. The van der Waals surface area contributed by atoms with Gasteiger partial charge in [-0.3, -0.25) is 0 Å². The zero-order chi connectivity index (χ0) is 9.84. The molecule has 0 atom stereocenters. The van der Waals surface area contributed by atoms with Crippen LogP contribution in [0.15, 0.2) is 30.1 Å². The van der Waals surface area contributed by atoms with E-state index in [4.69, 9.17) is 10.8 Å². The zero-order valence-electron chi connectivity index (χ0n) is 6.70. The average molecular weight is 181 g/mol. The molecule has 0 amide bonds. The molecular weight excluding hydrogens is 173 g/mol. The summed E-state index contributed by atoms with van der Waals surface area (Å²) in [5.74, 6) is -2.78. The first-order chi connectivity index (χ1) is 6.09. The third kappa shape index (κ3) is 2.59. The Labute approximate surface area is 74.3 Å². The van der Waals surface area contributed by atoms with E-state index >= 15 is 0 Å². The van der Waals surface area contributed by atoms with Gasteiger partial charge in [0.2, 0.25) is 5.83 Å². The average Bonchev–Trinajstić information content (AvgIpc) is 2.04. The molecule has 1 rings (SSSR count). The number of rotatable bonds is 2. The number of nitrogen functional groups attached to an aromatic ring is 1. The highest BCUT2D eigenvalue weighted by Gasteiger charge is 2.04. The molecular formula is C9H8FNO2. The third-order valence-electron chi connectivity index (χ3n) is 1.41. The summed E-state index contributed by atoms with van der Waals surface area (Å²) in [6.07, 6.45) is 0.915. The summed E-state index contributed by atoms with van der Waals surface area (Å²) >= 11 is 0. The second kappa shape index (κ2) is 3.71. The Morgan fingerprint density at radius 1 is 1.54 bits per heavy atom. The number of nitrogens with two attached hydrogens (primary N) is 1. The Morgan fingerprint density at radius 3 is 2.77 bits per heavy atom. The van der Waals surface area contributed by atoms with Gasteiger partial charge in [0.1, 0.15) is 0 Å². The molecule has 0 unspecified atom stereocenters. The van der Waals surface area contributed by atoms with Crippen molar-refractivity contribution < 1.29 is 14.3 Å². The molecule has 0 fully saturated rings. The molecule has 0 spiro atoms. The predicted molar refractivity (Wildman–Crippen MR) is 47.6 cm³/mol. The number of carboxylic acid groups (broad SMARTS) is 1. The molecule has 0 aliphatic rings. The van der Waals surface area contributed by atoms with Crippen LogP contribution in [0.5, 0.6) is 0 Å². The molecule has 3 N–H and O–H groups in total. The Bertz CT molecular complexity index is 360. The van der Waals surface area contributed by atoms with Crippen LogP contribution in [-0.4, -0.2) is 11.1 Å². The van der Waals surface area contributed by atoms with Crippen LogP contribution in [0.25, 0.3) is 6.08 Å². The summed E-state index contributed by atoms with van der Waals surface area (Å²) in [7, 11) is 0. The summed E-state index contributed by atoms with van der Waals surface area (Å²) in [5.41, 5.74) is 6.31. The van der Waals surface area contributed by atoms with Gasteiger partial charge in [0.15, 0.2) is 0 Å². The van der Waals surface area contributed by atoms with Crippen molar-refractivity contribution in [2.24, 2.45) is 0 Å². The van der Waals surface area contributed by atoms with Crippen LogP contribution in [0.4, 0.5) is 10.1 Å². The summed E-state index contributed by atoms with van der Waals surface area (Å²) in [6, 6.07) is 6.31. The van der Waals surface area contributed by atoms with Crippen molar-refractivity contribution in [3.8, 4) is 0 Å². The molecule has 0 saturated carbocycles. The first-order valence-corrected chi connectivity index (χ1v) is 3.55. The van der Waals surface area contributed by atoms with Gasteiger partial charge in [0.25, 0.3) is 0 Å². The molecule has 1 aromatic carbocycles. The van der Waals surface area contributed by atoms with E-state index in [9.17, 15) is 9.18 Å². The topological polar surface area (TPSA) is 63.3 Å². The van der Waals surface area contributed by atoms with Crippen molar-refractivity contribution in [3.63, 3.8) is 0 Å². The van der Waals surface area contributed by atoms with Gasteiger partial charge in [-0.05, 0) is 23.8 Å². The standard InChI is InChI=1S/C9H8FNO2/c10-8(9(12)13)5-6-2-1-3-7(11)4-6/h1-5H,11H2,(H,12,13)/b8-5-. The van der Waals surface area contributed by atoms with Crippen LogP contribution in [0.1, 0.15) is 5.56 Å². The molecule has 1 aromatic rings. The van der Waals surface area contributed by atoms with Gasteiger partial charge in [0.05, 0.1) is 0 Å². The van der Waals surface area contributed by atoms with Crippen molar-refractivity contribution in [1.29, 1.82) is 0 Å². The van der Waals surface area contributed by atoms with E-state index in [0.29, 0.717) is 11.3 Å². The summed E-state index contributed by atoms with van der Waals surface area (Å²) in [6.45, 7) is 0. The number of benzene rings is 1. The van der Waals surface area contributed by atoms with Crippen molar-refractivity contribution in [1.82, 2.24) is 0 Å². The van der Waals surface area contributed by atoms with E-state index in [1.54, 1.807) is 18.2 Å². The number of hydrogen-bond acceptors (Lipinski definition) is 2. The van der Waals surface area contributed by atoms with E-state index in [0.717, 1.165) is 6.08 Å². The lowest BCUT2D eigenvalue weighted by atomic mass is 10.2. The van der Waals surface area contributed by atoms with Crippen LogP contribution < -0.4 is 5.73 Å². The second-order valence-corrected chi connectivity index (χ2v) is 2.47. The number of anilines is 1. The highest BCUT2D eigenvalue weighted by molar-refractivity contribution is 5.89. The number of carbonyl (C=O) groups is 1. The van der Waals surface area contributed by atoms with Gasteiger partial charge < -0.3 is 10.8 Å². The Kier molecular flexibility index (Phi) is 2.64. The molecule has 0 aliphatic heterocycles. The third-order valence-corrected chi connectivity index (χ3v) is 1.41. The fourth-order valence-electron chi connectivity index (χ4n) is 0.857. The SMILES string of the molecule is Nc1cccc(/C=C(\F)C(=O)O)c1. The Hall–Kier alpha value is -1.84. The van der Waals surface area contributed by atoms with E-state index in [1.807, 2.05) is 0 Å². The normalized spacial score (nSPS) is 11.3. The zero-order valence-corrected chi connectivity index (χ0v) is 6.70. The Balaban J connectivity index is 2.97. The van der Waals surface area contributed by atoms with Crippen molar-refractivity contribution in [3.05, 3.63) is 35.7 Å². The maximum Gasteiger partial charge on any atom is 0.364 e. The highest BCUT2D eigenvalue weighted by Crippen LogP contribution is 2.11. The van der Waals surface area contributed by atoms with Crippen molar-refractivity contribution in [2.75, 3.05) is 5.73 Å². The summed E-state index contributed by atoms with van der Waals surface area (Å²) < 4.78 is 12.6. The van der Waals surface area contributed by atoms with Gasteiger partial charge in [0, 0.05) is 5.69 Å². The van der Waals surface area contributed by atoms with E-state index in [1.165, 1.54) is 6.07 Å². The summed E-state index contributed by atoms with van der Waals surface area (Å²) in [5, 5.41) is 8.24. The molecule has 3 nitrogen and oxygen atoms in total. The summed E-state index contributed by atoms with van der Waals surface area (Å²) in [4.78, 5) is 10.1. The predicted octanol–water partition coefficient (Wildman–Crippen LogP) is 1.66. The molecule has 0 radical (unpaired) electrons. The molecule has 0 saturated heterocycles. The van der Waals surface area contributed by atoms with E-state index in [-0.39, 0.29) is 0 Å². The van der Waals surface area contributed by atoms with Gasteiger partial charge >= 0.3 is 5.97 Å².